The van der Waals surface area contributed by atoms with Gasteiger partial charge in [0.15, 0.2) is 0 Å². The SMILES string of the molecule is CSC(SC)c1cnccn1. The number of thioether (sulfide) groups is 2. The fourth-order valence-corrected chi connectivity index (χ4v) is 2.27. The lowest BCUT2D eigenvalue weighted by Gasteiger charge is -2.08. The van der Waals surface area contributed by atoms with Crippen molar-refractivity contribution in [2.24, 2.45) is 0 Å². The summed E-state index contributed by atoms with van der Waals surface area (Å²) in [5, 5.41) is 0. The fraction of sp³-hybridized carbons (Fsp3) is 0.429. The topological polar surface area (TPSA) is 25.8 Å². The maximum absolute atomic E-state index is 4.22. The van der Waals surface area contributed by atoms with E-state index in [0.717, 1.165) is 5.69 Å². The van der Waals surface area contributed by atoms with Gasteiger partial charge in [0.1, 0.15) is 0 Å². The first kappa shape index (κ1) is 8.87. The Balaban J connectivity index is 2.74. The maximum Gasteiger partial charge on any atom is 0.0932 e. The van der Waals surface area contributed by atoms with Gasteiger partial charge in [0, 0.05) is 12.4 Å². The van der Waals surface area contributed by atoms with Gasteiger partial charge in [0.25, 0.3) is 0 Å². The van der Waals surface area contributed by atoms with Crippen LogP contribution in [-0.2, 0) is 0 Å². The minimum Gasteiger partial charge on any atom is -0.261 e. The third kappa shape index (κ3) is 2.38. The molecule has 0 aliphatic heterocycles. The second-order valence-corrected chi connectivity index (χ2v) is 4.12. The third-order valence-corrected chi connectivity index (χ3v) is 3.75. The van der Waals surface area contributed by atoms with Crippen molar-refractivity contribution in [1.29, 1.82) is 0 Å². The molecular weight excluding hydrogens is 176 g/mol. The Morgan fingerprint density at radius 1 is 1.27 bits per heavy atom. The van der Waals surface area contributed by atoms with E-state index in [1.807, 2.05) is 6.20 Å². The average molecular weight is 186 g/mol. The molecule has 1 heterocycles. The summed E-state index contributed by atoms with van der Waals surface area (Å²) < 4.78 is 0.420. The molecule has 1 aromatic heterocycles. The van der Waals surface area contributed by atoms with E-state index in [1.165, 1.54) is 0 Å². The van der Waals surface area contributed by atoms with Gasteiger partial charge in [-0.1, -0.05) is 0 Å². The van der Waals surface area contributed by atoms with Crippen LogP contribution < -0.4 is 0 Å². The Hall–Kier alpha value is -0.220. The Bertz CT molecular complexity index is 199. The molecule has 1 aromatic rings. The quantitative estimate of drug-likeness (QED) is 0.676. The molecular formula is C7H10N2S2. The van der Waals surface area contributed by atoms with E-state index in [2.05, 4.69) is 22.5 Å². The van der Waals surface area contributed by atoms with Gasteiger partial charge < -0.3 is 0 Å². The predicted molar refractivity (Wildman–Crippen MR) is 51.8 cm³/mol. The van der Waals surface area contributed by atoms with Crippen LogP contribution in [0.4, 0.5) is 0 Å². The van der Waals surface area contributed by atoms with Crippen LogP contribution in [-0.4, -0.2) is 22.5 Å². The molecule has 0 saturated heterocycles. The van der Waals surface area contributed by atoms with Gasteiger partial charge in [-0.15, -0.1) is 23.5 Å². The van der Waals surface area contributed by atoms with Crippen molar-refractivity contribution >= 4 is 23.5 Å². The van der Waals surface area contributed by atoms with Crippen LogP contribution in [0.15, 0.2) is 18.6 Å². The highest BCUT2D eigenvalue weighted by Crippen LogP contribution is 2.33. The number of aromatic nitrogens is 2. The highest BCUT2D eigenvalue weighted by atomic mass is 32.2. The Labute approximate surface area is 75.2 Å². The average Bonchev–Trinajstić information content (AvgIpc) is 2.09. The van der Waals surface area contributed by atoms with E-state index in [0.29, 0.717) is 4.58 Å². The predicted octanol–water partition coefficient (Wildman–Crippen LogP) is 2.20. The molecule has 0 aromatic carbocycles. The summed E-state index contributed by atoms with van der Waals surface area (Å²) in [6.45, 7) is 0. The van der Waals surface area contributed by atoms with Crippen LogP contribution in [0.2, 0.25) is 0 Å². The molecule has 2 nitrogen and oxygen atoms in total. The summed E-state index contributed by atoms with van der Waals surface area (Å²) in [5.74, 6) is 0. The van der Waals surface area contributed by atoms with Crippen molar-refractivity contribution in [2.75, 3.05) is 12.5 Å². The molecule has 0 radical (unpaired) electrons. The van der Waals surface area contributed by atoms with Crippen LogP contribution in [0, 0.1) is 0 Å². The van der Waals surface area contributed by atoms with E-state index in [1.54, 1.807) is 35.9 Å². The Morgan fingerprint density at radius 3 is 2.45 bits per heavy atom. The molecule has 0 spiro atoms. The summed E-state index contributed by atoms with van der Waals surface area (Å²) in [6, 6.07) is 0. The smallest absolute Gasteiger partial charge is 0.0932 e. The van der Waals surface area contributed by atoms with Crippen LogP contribution in [0.3, 0.4) is 0 Å². The van der Waals surface area contributed by atoms with Crippen LogP contribution in [0.5, 0.6) is 0 Å². The van der Waals surface area contributed by atoms with Crippen molar-refractivity contribution in [2.45, 2.75) is 4.58 Å². The standard InChI is InChI=1S/C7H10N2S2/c1-10-7(11-2)6-5-8-3-4-9-6/h3-5,7H,1-2H3. The largest absolute Gasteiger partial charge is 0.261 e. The second kappa shape index (κ2) is 4.62. The summed E-state index contributed by atoms with van der Waals surface area (Å²) in [6.07, 6.45) is 9.40. The van der Waals surface area contributed by atoms with Crippen molar-refractivity contribution in [3.05, 3.63) is 24.3 Å². The molecule has 0 unspecified atom stereocenters. The van der Waals surface area contributed by atoms with E-state index in [-0.39, 0.29) is 0 Å². The van der Waals surface area contributed by atoms with Gasteiger partial charge in [-0.2, -0.15) is 0 Å². The van der Waals surface area contributed by atoms with Crippen LogP contribution >= 0.6 is 23.5 Å². The Morgan fingerprint density at radius 2 is 2.00 bits per heavy atom. The van der Waals surface area contributed by atoms with Gasteiger partial charge in [0.2, 0.25) is 0 Å². The van der Waals surface area contributed by atoms with E-state index < -0.39 is 0 Å². The molecule has 0 saturated carbocycles. The first-order valence-electron chi connectivity index (χ1n) is 3.20. The molecule has 11 heavy (non-hydrogen) atoms. The molecule has 0 bridgehead atoms. The van der Waals surface area contributed by atoms with E-state index in [4.69, 9.17) is 0 Å². The highest BCUT2D eigenvalue weighted by molar-refractivity contribution is 8.15. The first-order chi connectivity index (χ1) is 5.38. The summed E-state index contributed by atoms with van der Waals surface area (Å²) in [4.78, 5) is 8.23. The zero-order chi connectivity index (χ0) is 8.10. The molecule has 0 amide bonds. The number of rotatable bonds is 3. The van der Waals surface area contributed by atoms with E-state index in [9.17, 15) is 0 Å². The Kier molecular flexibility index (Phi) is 3.72. The lowest BCUT2D eigenvalue weighted by Crippen LogP contribution is -1.91. The summed E-state index contributed by atoms with van der Waals surface area (Å²) >= 11 is 3.57. The normalized spacial score (nSPS) is 10.5. The third-order valence-electron chi connectivity index (χ3n) is 1.25. The molecule has 0 aliphatic carbocycles. The summed E-state index contributed by atoms with van der Waals surface area (Å²) in [7, 11) is 0. The molecule has 0 fully saturated rings. The lowest BCUT2D eigenvalue weighted by atomic mass is 10.5. The number of hydrogen-bond acceptors (Lipinski definition) is 4. The van der Waals surface area contributed by atoms with Crippen molar-refractivity contribution in [3.8, 4) is 0 Å². The van der Waals surface area contributed by atoms with E-state index >= 15 is 0 Å². The zero-order valence-corrected chi connectivity index (χ0v) is 8.15. The molecule has 0 atom stereocenters. The number of hydrogen-bond donors (Lipinski definition) is 0. The number of nitrogens with zero attached hydrogens (tertiary/aromatic N) is 2. The maximum atomic E-state index is 4.22. The monoisotopic (exact) mass is 186 g/mol. The van der Waals surface area contributed by atoms with Gasteiger partial charge in [0.05, 0.1) is 16.5 Å². The minimum absolute atomic E-state index is 0.420. The summed E-state index contributed by atoms with van der Waals surface area (Å²) in [5.41, 5.74) is 1.05. The fourth-order valence-electron chi connectivity index (χ4n) is 0.770. The molecule has 0 aliphatic rings. The minimum atomic E-state index is 0.420. The van der Waals surface area contributed by atoms with Gasteiger partial charge in [-0.3, -0.25) is 9.97 Å². The van der Waals surface area contributed by atoms with Crippen molar-refractivity contribution in [3.63, 3.8) is 0 Å². The molecule has 0 N–H and O–H groups in total. The van der Waals surface area contributed by atoms with Gasteiger partial charge in [-0.05, 0) is 12.5 Å². The van der Waals surface area contributed by atoms with Crippen molar-refractivity contribution in [1.82, 2.24) is 9.97 Å². The van der Waals surface area contributed by atoms with Crippen LogP contribution in [0.25, 0.3) is 0 Å². The zero-order valence-electron chi connectivity index (χ0n) is 6.52. The van der Waals surface area contributed by atoms with Gasteiger partial charge >= 0.3 is 0 Å². The first-order valence-corrected chi connectivity index (χ1v) is 5.77. The lowest BCUT2D eigenvalue weighted by molar-refractivity contribution is 1.09. The van der Waals surface area contributed by atoms with Crippen molar-refractivity contribution < 1.29 is 0 Å². The highest BCUT2D eigenvalue weighted by Gasteiger charge is 2.07. The van der Waals surface area contributed by atoms with Gasteiger partial charge in [-0.25, -0.2) is 0 Å². The van der Waals surface area contributed by atoms with Crippen LogP contribution in [0.1, 0.15) is 10.3 Å². The molecule has 60 valence electrons. The molecule has 4 heteroatoms. The molecule has 1 rings (SSSR count). The second-order valence-electron chi connectivity index (χ2n) is 1.93.